The maximum absolute atomic E-state index is 12.0. The van der Waals surface area contributed by atoms with E-state index < -0.39 is 5.41 Å². The van der Waals surface area contributed by atoms with Gasteiger partial charge < -0.3 is 5.32 Å². The van der Waals surface area contributed by atoms with E-state index in [1.165, 1.54) is 0 Å². The van der Waals surface area contributed by atoms with E-state index in [1.807, 2.05) is 37.3 Å². The van der Waals surface area contributed by atoms with Crippen LogP contribution in [0.3, 0.4) is 0 Å². The van der Waals surface area contributed by atoms with Crippen LogP contribution in [0.2, 0.25) is 0 Å². The third-order valence-corrected chi connectivity index (χ3v) is 3.31. The highest BCUT2D eigenvalue weighted by Gasteiger charge is 2.51. The zero-order valence-corrected chi connectivity index (χ0v) is 9.94. The van der Waals surface area contributed by atoms with E-state index in [0.717, 1.165) is 12.0 Å². The summed E-state index contributed by atoms with van der Waals surface area (Å²) >= 11 is 0. The molecule has 0 bridgehead atoms. The van der Waals surface area contributed by atoms with Gasteiger partial charge in [0.1, 0.15) is 5.41 Å². The smallest absolute Gasteiger partial charge is 0.240 e. The van der Waals surface area contributed by atoms with E-state index in [0.29, 0.717) is 12.8 Å². The summed E-state index contributed by atoms with van der Waals surface area (Å²) in [6, 6.07) is 12.0. The van der Waals surface area contributed by atoms with E-state index in [4.69, 9.17) is 5.26 Å². The van der Waals surface area contributed by atoms with Gasteiger partial charge >= 0.3 is 0 Å². The zero-order chi connectivity index (χ0) is 12.3. The first-order valence-corrected chi connectivity index (χ1v) is 5.99. The van der Waals surface area contributed by atoms with Crippen molar-refractivity contribution in [3.8, 4) is 6.07 Å². The van der Waals surface area contributed by atoms with E-state index in [2.05, 4.69) is 11.4 Å². The summed E-state index contributed by atoms with van der Waals surface area (Å²) < 4.78 is 0. The molecule has 1 fully saturated rings. The maximum Gasteiger partial charge on any atom is 0.240 e. The lowest BCUT2D eigenvalue weighted by atomic mass is 10.0. The first-order valence-electron chi connectivity index (χ1n) is 5.99. The van der Waals surface area contributed by atoms with Crippen LogP contribution in [0.1, 0.15) is 37.8 Å². The molecule has 1 aliphatic carbocycles. The van der Waals surface area contributed by atoms with Crippen molar-refractivity contribution in [2.24, 2.45) is 5.41 Å². The number of nitrogens with one attached hydrogen (secondary N) is 1. The molecule has 0 saturated heterocycles. The summed E-state index contributed by atoms with van der Waals surface area (Å²) in [6.07, 6.45) is 2.22. The average Bonchev–Trinajstić information content (AvgIpc) is 3.17. The molecule has 2 rings (SSSR count). The van der Waals surface area contributed by atoms with Gasteiger partial charge in [-0.2, -0.15) is 5.26 Å². The van der Waals surface area contributed by atoms with Gasteiger partial charge in [-0.15, -0.1) is 0 Å². The predicted octanol–water partition coefficient (Wildman–Crippen LogP) is 2.56. The van der Waals surface area contributed by atoms with Gasteiger partial charge in [-0.3, -0.25) is 4.79 Å². The Morgan fingerprint density at radius 2 is 2.12 bits per heavy atom. The minimum absolute atomic E-state index is 0.00882. The Kier molecular flexibility index (Phi) is 3.14. The Labute approximate surface area is 101 Å². The topological polar surface area (TPSA) is 52.9 Å². The maximum atomic E-state index is 12.0. The number of nitrogens with zero attached hydrogens (tertiary/aromatic N) is 1. The molecule has 1 aromatic carbocycles. The minimum Gasteiger partial charge on any atom is -0.348 e. The number of carbonyl (C=O) groups is 1. The van der Waals surface area contributed by atoms with Gasteiger partial charge in [0, 0.05) is 0 Å². The van der Waals surface area contributed by atoms with E-state index in [-0.39, 0.29) is 11.9 Å². The fourth-order valence-corrected chi connectivity index (χ4v) is 1.92. The van der Waals surface area contributed by atoms with Gasteiger partial charge in [0.05, 0.1) is 12.1 Å². The molecule has 0 spiro atoms. The molecule has 1 atom stereocenters. The molecule has 0 aromatic heterocycles. The SMILES string of the molecule is CCC(NC(=O)C1(C#N)CC1)c1ccccc1. The van der Waals surface area contributed by atoms with Crippen LogP contribution in [0.25, 0.3) is 0 Å². The molecule has 1 amide bonds. The summed E-state index contributed by atoms with van der Waals surface area (Å²) in [6.45, 7) is 2.03. The van der Waals surface area contributed by atoms with Crippen LogP contribution < -0.4 is 5.32 Å². The number of nitriles is 1. The van der Waals surface area contributed by atoms with Crippen molar-refractivity contribution in [2.75, 3.05) is 0 Å². The largest absolute Gasteiger partial charge is 0.348 e. The van der Waals surface area contributed by atoms with Crippen molar-refractivity contribution in [3.63, 3.8) is 0 Å². The van der Waals surface area contributed by atoms with Gasteiger partial charge in [0.25, 0.3) is 0 Å². The van der Waals surface area contributed by atoms with E-state index in [9.17, 15) is 4.79 Å². The number of amides is 1. The van der Waals surface area contributed by atoms with Crippen molar-refractivity contribution >= 4 is 5.91 Å². The van der Waals surface area contributed by atoms with E-state index in [1.54, 1.807) is 0 Å². The molecule has 1 aliphatic rings. The summed E-state index contributed by atoms with van der Waals surface area (Å²) in [7, 11) is 0. The average molecular weight is 228 g/mol. The summed E-state index contributed by atoms with van der Waals surface area (Å²) in [5.41, 5.74) is 0.361. The summed E-state index contributed by atoms with van der Waals surface area (Å²) in [5.74, 6) is -0.115. The normalized spacial score (nSPS) is 17.9. The third kappa shape index (κ3) is 2.31. The van der Waals surface area contributed by atoms with Crippen molar-refractivity contribution < 1.29 is 4.79 Å². The van der Waals surface area contributed by atoms with Gasteiger partial charge in [0.15, 0.2) is 0 Å². The highest BCUT2D eigenvalue weighted by Crippen LogP contribution is 2.45. The fourth-order valence-electron chi connectivity index (χ4n) is 1.92. The van der Waals surface area contributed by atoms with E-state index >= 15 is 0 Å². The standard InChI is InChI=1S/C14H16N2O/c1-2-12(11-6-4-3-5-7-11)16-13(17)14(10-15)8-9-14/h3-7,12H,2,8-9H2,1H3,(H,16,17). The number of carbonyl (C=O) groups excluding carboxylic acids is 1. The molecular formula is C14H16N2O. The monoisotopic (exact) mass is 228 g/mol. The molecule has 88 valence electrons. The first kappa shape index (κ1) is 11.7. The second kappa shape index (κ2) is 4.58. The number of hydrogen-bond acceptors (Lipinski definition) is 2. The van der Waals surface area contributed by atoms with Crippen LogP contribution in [0, 0.1) is 16.7 Å². The molecule has 1 saturated carbocycles. The lowest BCUT2D eigenvalue weighted by molar-refractivity contribution is -0.125. The van der Waals surface area contributed by atoms with Crippen LogP contribution in [-0.4, -0.2) is 5.91 Å². The lowest BCUT2D eigenvalue weighted by Gasteiger charge is -2.18. The van der Waals surface area contributed by atoms with Gasteiger partial charge in [-0.25, -0.2) is 0 Å². The van der Waals surface area contributed by atoms with Crippen molar-refractivity contribution in [3.05, 3.63) is 35.9 Å². The molecule has 0 radical (unpaired) electrons. The zero-order valence-electron chi connectivity index (χ0n) is 9.94. The Hall–Kier alpha value is -1.82. The highest BCUT2D eigenvalue weighted by atomic mass is 16.2. The molecule has 1 N–H and O–H groups in total. The van der Waals surface area contributed by atoms with Gasteiger partial charge in [0.2, 0.25) is 5.91 Å². The summed E-state index contributed by atoms with van der Waals surface area (Å²) in [5, 5.41) is 11.9. The Bertz CT molecular complexity index is 443. The molecule has 1 aromatic rings. The van der Waals surface area contributed by atoms with Crippen molar-refractivity contribution in [2.45, 2.75) is 32.2 Å². The fraction of sp³-hybridized carbons (Fsp3) is 0.429. The minimum atomic E-state index is -0.734. The van der Waals surface area contributed by atoms with Gasteiger partial charge in [-0.05, 0) is 24.8 Å². The molecule has 3 heteroatoms. The number of hydrogen-bond donors (Lipinski definition) is 1. The Balaban J connectivity index is 2.07. The first-order chi connectivity index (χ1) is 8.22. The molecule has 17 heavy (non-hydrogen) atoms. The van der Waals surface area contributed by atoms with Crippen LogP contribution in [0.5, 0.6) is 0 Å². The Morgan fingerprint density at radius 1 is 1.47 bits per heavy atom. The van der Waals surface area contributed by atoms with Crippen molar-refractivity contribution in [1.82, 2.24) is 5.32 Å². The van der Waals surface area contributed by atoms with Crippen molar-refractivity contribution in [1.29, 1.82) is 5.26 Å². The molecule has 0 heterocycles. The quantitative estimate of drug-likeness (QED) is 0.861. The van der Waals surface area contributed by atoms with Crippen LogP contribution >= 0.6 is 0 Å². The Morgan fingerprint density at radius 3 is 2.59 bits per heavy atom. The number of rotatable bonds is 4. The second-order valence-electron chi connectivity index (χ2n) is 4.54. The van der Waals surface area contributed by atoms with Crippen LogP contribution in [0.15, 0.2) is 30.3 Å². The molecule has 3 nitrogen and oxygen atoms in total. The molecule has 0 aliphatic heterocycles. The third-order valence-electron chi connectivity index (χ3n) is 3.31. The second-order valence-corrected chi connectivity index (χ2v) is 4.54. The van der Waals surface area contributed by atoms with Crippen LogP contribution in [-0.2, 0) is 4.79 Å². The number of benzene rings is 1. The predicted molar refractivity (Wildman–Crippen MR) is 64.9 cm³/mol. The van der Waals surface area contributed by atoms with Crippen LogP contribution in [0.4, 0.5) is 0 Å². The molecular weight excluding hydrogens is 212 g/mol. The highest BCUT2D eigenvalue weighted by molar-refractivity contribution is 5.88. The lowest BCUT2D eigenvalue weighted by Crippen LogP contribution is -2.34. The molecule has 1 unspecified atom stereocenters. The summed E-state index contributed by atoms with van der Waals surface area (Å²) in [4.78, 5) is 12.0. The van der Waals surface area contributed by atoms with Gasteiger partial charge in [-0.1, -0.05) is 37.3 Å².